The topological polar surface area (TPSA) is 43.4 Å². The summed E-state index contributed by atoms with van der Waals surface area (Å²) in [5, 5.41) is -0.343. The molecule has 0 bridgehead atoms. The van der Waals surface area contributed by atoms with E-state index in [1.807, 2.05) is 37.3 Å². The third kappa shape index (κ3) is 4.10. The van der Waals surface area contributed by atoms with Crippen molar-refractivity contribution in [2.75, 3.05) is 12.4 Å². The summed E-state index contributed by atoms with van der Waals surface area (Å²) < 4.78 is 29.6. The molecule has 1 aliphatic heterocycles. The van der Waals surface area contributed by atoms with Gasteiger partial charge in [0.1, 0.15) is 6.61 Å². The Kier molecular flexibility index (Phi) is 5.24. The van der Waals surface area contributed by atoms with E-state index in [0.29, 0.717) is 5.75 Å². The van der Waals surface area contributed by atoms with Crippen molar-refractivity contribution in [1.82, 2.24) is 0 Å². The van der Waals surface area contributed by atoms with E-state index in [0.717, 1.165) is 36.8 Å². The Balaban J connectivity index is 1.94. The largest absolute Gasteiger partial charge is 0.500 e. The number of hydrogen-bond donors (Lipinski definition) is 0. The second-order valence-corrected chi connectivity index (χ2v) is 7.74. The van der Waals surface area contributed by atoms with Crippen LogP contribution in [-0.4, -0.2) is 26.0 Å². The molecule has 0 aromatic heterocycles. The molecule has 20 heavy (non-hydrogen) atoms. The van der Waals surface area contributed by atoms with E-state index >= 15 is 0 Å². The molecule has 1 aromatic carbocycles. The zero-order valence-corrected chi connectivity index (χ0v) is 12.7. The molecule has 2 rings (SSSR count). The van der Waals surface area contributed by atoms with Crippen LogP contribution in [0.5, 0.6) is 0 Å². The molecule has 110 valence electrons. The van der Waals surface area contributed by atoms with Gasteiger partial charge in [0.25, 0.3) is 0 Å². The zero-order valence-electron chi connectivity index (χ0n) is 11.9. The first-order chi connectivity index (χ1) is 9.59. The van der Waals surface area contributed by atoms with Crippen molar-refractivity contribution in [2.24, 2.45) is 0 Å². The number of ether oxygens (including phenoxy) is 1. The Hall–Kier alpha value is -1.29. The van der Waals surface area contributed by atoms with Crippen LogP contribution in [-0.2, 0) is 14.6 Å². The predicted octanol–water partition coefficient (Wildman–Crippen LogP) is 3.42. The molecular formula is C16H22O3S. The summed E-state index contributed by atoms with van der Waals surface area (Å²) in [6.45, 7) is 2.24. The van der Waals surface area contributed by atoms with Gasteiger partial charge in [0, 0.05) is 0 Å². The minimum absolute atomic E-state index is 0.270. The molecule has 0 aliphatic carbocycles. The van der Waals surface area contributed by atoms with Gasteiger partial charge in [-0.15, -0.1) is 0 Å². The Labute approximate surface area is 121 Å². The lowest BCUT2D eigenvalue weighted by atomic mass is 10.1. The highest BCUT2D eigenvalue weighted by Gasteiger charge is 2.27. The van der Waals surface area contributed by atoms with Crippen molar-refractivity contribution in [3.63, 3.8) is 0 Å². The molecule has 0 radical (unpaired) electrons. The lowest BCUT2D eigenvalue weighted by Crippen LogP contribution is -2.26. The van der Waals surface area contributed by atoms with Gasteiger partial charge in [0.05, 0.1) is 17.3 Å². The van der Waals surface area contributed by atoms with Gasteiger partial charge in [-0.1, -0.05) is 43.2 Å². The first kappa shape index (κ1) is 15.1. The minimum atomic E-state index is -2.98. The third-order valence-corrected chi connectivity index (χ3v) is 5.98. The first-order valence-corrected chi connectivity index (χ1v) is 8.86. The van der Waals surface area contributed by atoms with E-state index in [4.69, 9.17) is 4.74 Å². The van der Waals surface area contributed by atoms with Crippen molar-refractivity contribution >= 4 is 15.4 Å². The molecule has 1 fully saturated rings. The zero-order chi connectivity index (χ0) is 14.4. The molecule has 3 nitrogen and oxygen atoms in total. The van der Waals surface area contributed by atoms with Gasteiger partial charge in [0.15, 0.2) is 9.84 Å². The molecule has 4 heteroatoms. The van der Waals surface area contributed by atoms with Crippen molar-refractivity contribution < 1.29 is 13.2 Å². The van der Waals surface area contributed by atoms with Crippen molar-refractivity contribution in [3.8, 4) is 0 Å². The minimum Gasteiger partial charge on any atom is -0.500 e. The maximum atomic E-state index is 12.0. The lowest BCUT2D eigenvalue weighted by molar-refractivity contribution is 0.244. The van der Waals surface area contributed by atoms with Gasteiger partial charge < -0.3 is 4.74 Å². The molecule has 1 atom stereocenters. The van der Waals surface area contributed by atoms with E-state index in [9.17, 15) is 8.42 Å². The Morgan fingerprint density at radius 2 is 2.00 bits per heavy atom. The highest BCUT2D eigenvalue weighted by molar-refractivity contribution is 7.92. The number of benzene rings is 1. The van der Waals surface area contributed by atoms with E-state index < -0.39 is 9.84 Å². The quantitative estimate of drug-likeness (QED) is 0.799. The van der Waals surface area contributed by atoms with Crippen molar-refractivity contribution in [2.45, 2.75) is 37.9 Å². The number of hydrogen-bond acceptors (Lipinski definition) is 3. The van der Waals surface area contributed by atoms with Crippen LogP contribution in [0.3, 0.4) is 0 Å². The monoisotopic (exact) mass is 294 g/mol. The number of rotatable bonds is 4. The highest BCUT2D eigenvalue weighted by atomic mass is 32.2. The molecule has 0 spiro atoms. The van der Waals surface area contributed by atoms with Crippen molar-refractivity contribution in [1.29, 1.82) is 0 Å². The standard InChI is InChI=1S/C16H22O3S/c1-14(15-8-4-2-5-9-15)12-19-13-16-10-6-3-7-11-20(16,17)18/h2,4-5,8-9,12,16H,3,6-7,10-11,13H2,1H3/b14-12-. The molecule has 0 saturated carbocycles. The van der Waals surface area contributed by atoms with E-state index in [1.165, 1.54) is 0 Å². The van der Waals surface area contributed by atoms with Crippen LogP contribution < -0.4 is 0 Å². The van der Waals surface area contributed by atoms with E-state index in [2.05, 4.69) is 0 Å². The van der Waals surface area contributed by atoms with Crippen LogP contribution in [0.25, 0.3) is 5.57 Å². The van der Waals surface area contributed by atoms with Crippen LogP contribution in [0.1, 0.15) is 38.2 Å². The molecule has 1 unspecified atom stereocenters. The fourth-order valence-corrected chi connectivity index (χ4v) is 4.19. The fourth-order valence-electron chi connectivity index (χ4n) is 2.43. The second kappa shape index (κ2) is 6.93. The van der Waals surface area contributed by atoms with Gasteiger partial charge >= 0.3 is 0 Å². The molecule has 0 N–H and O–H groups in total. The molecule has 1 saturated heterocycles. The lowest BCUT2D eigenvalue weighted by Gasteiger charge is -2.14. The molecule has 0 amide bonds. The molecule has 1 aliphatic rings. The van der Waals surface area contributed by atoms with Gasteiger partial charge in [-0.2, -0.15) is 0 Å². The highest BCUT2D eigenvalue weighted by Crippen LogP contribution is 2.20. The Morgan fingerprint density at radius 3 is 2.75 bits per heavy atom. The van der Waals surface area contributed by atoms with Crippen molar-refractivity contribution in [3.05, 3.63) is 42.2 Å². The SMILES string of the molecule is C/C(=C/OCC1CCCCCS1(=O)=O)c1ccccc1. The average molecular weight is 294 g/mol. The smallest absolute Gasteiger partial charge is 0.156 e. The molecule has 1 heterocycles. The maximum absolute atomic E-state index is 12.0. The average Bonchev–Trinajstić information content (AvgIpc) is 2.61. The van der Waals surface area contributed by atoms with E-state index in [-0.39, 0.29) is 11.9 Å². The summed E-state index contributed by atoms with van der Waals surface area (Å²) >= 11 is 0. The molecular weight excluding hydrogens is 272 g/mol. The number of allylic oxidation sites excluding steroid dienone is 1. The fraction of sp³-hybridized carbons (Fsp3) is 0.500. The van der Waals surface area contributed by atoms with Crippen LogP contribution in [0, 0.1) is 0 Å². The van der Waals surface area contributed by atoms with Gasteiger partial charge in [-0.3, -0.25) is 0 Å². The van der Waals surface area contributed by atoms with Crippen LogP contribution >= 0.6 is 0 Å². The van der Waals surface area contributed by atoms with Gasteiger partial charge in [0.2, 0.25) is 0 Å². The van der Waals surface area contributed by atoms with Crippen LogP contribution in [0.15, 0.2) is 36.6 Å². The van der Waals surface area contributed by atoms with E-state index in [1.54, 1.807) is 6.26 Å². The summed E-state index contributed by atoms with van der Waals surface area (Å²) in [6.07, 6.45) is 5.18. The predicted molar refractivity (Wildman–Crippen MR) is 82.1 cm³/mol. The normalized spacial score (nSPS) is 23.1. The van der Waals surface area contributed by atoms with Gasteiger partial charge in [-0.25, -0.2) is 8.42 Å². The first-order valence-electron chi connectivity index (χ1n) is 7.15. The second-order valence-electron chi connectivity index (χ2n) is 5.34. The van der Waals surface area contributed by atoms with Crippen LogP contribution in [0.4, 0.5) is 0 Å². The Bertz CT molecular complexity index is 546. The van der Waals surface area contributed by atoms with Gasteiger partial charge in [-0.05, 0) is 30.9 Å². The summed E-state index contributed by atoms with van der Waals surface area (Å²) in [7, 11) is -2.98. The Morgan fingerprint density at radius 1 is 1.25 bits per heavy atom. The summed E-state index contributed by atoms with van der Waals surface area (Å²) in [5.41, 5.74) is 2.10. The van der Waals surface area contributed by atoms with Crippen LogP contribution in [0.2, 0.25) is 0 Å². The maximum Gasteiger partial charge on any atom is 0.156 e. The summed E-state index contributed by atoms with van der Waals surface area (Å²) in [4.78, 5) is 0. The molecule has 1 aromatic rings. The third-order valence-electron chi connectivity index (χ3n) is 3.73. The summed E-state index contributed by atoms with van der Waals surface area (Å²) in [5.74, 6) is 0.308. The number of sulfone groups is 1. The summed E-state index contributed by atoms with van der Waals surface area (Å²) in [6, 6.07) is 9.94.